The Morgan fingerprint density at radius 2 is 1.92 bits per heavy atom. The smallest absolute Gasteiger partial charge is 0.419 e. The third-order valence-electron chi connectivity index (χ3n) is 7.84. The lowest BCUT2D eigenvalue weighted by Gasteiger charge is -2.37. The monoisotopic (exact) mass is 535 g/mol. The van der Waals surface area contributed by atoms with Gasteiger partial charge in [-0.15, -0.1) is 0 Å². The second-order valence-electron chi connectivity index (χ2n) is 10.2. The van der Waals surface area contributed by atoms with Gasteiger partial charge in [-0.1, -0.05) is 6.92 Å². The number of fused-ring (bicyclic) bond motifs is 1. The third kappa shape index (κ3) is 5.23. The Labute approximate surface area is 218 Å². The van der Waals surface area contributed by atoms with Crippen LogP contribution in [0.1, 0.15) is 57.1 Å². The van der Waals surface area contributed by atoms with Crippen molar-refractivity contribution in [1.82, 2.24) is 24.6 Å². The van der Waals surface area contributed by atoms with Crippen molar-refractivity contribution < 1.29 is 22.3 Å². The van der Waals surface area contributed by atoms with Gasteiger partial charge in [0.25, 0.3) is 5.88 Å². The molecule has 12 heteroatoms. The zero-order valence-electron chi connectivity index (χ0n) is 21.6. The zero-order chi connectivity index (χ0) is 27.0. The molecule has 2 aliphatic rings. The average Bonchev–Trinajstić information content (AvgIpc) is 3.28. The van der Waals surface area contributed by atoms with Gasteiger partial charge >= 0.3 is 6.18 Å². The largest absolute Gasteiger partial charge is 0.472 e. The molecule has 5 rings (SSSR count). The van der Waals surface area contributed by atoms with Gasteiger partial charge in [-0.25, -0.2) is 14.4 Å². The summed E-state index contributed by atoms with van der Waals surface area (Å²) in [4.78, 5) is 12.7. The highest BCUT2D eigenvalue weighted by Crippen LogP contribution is 2.38. The van der Waals surface area contributed by atoms with Gasteiger partial charge in [0.1, 0.15) is 11.9 Å². The summed E-state index contributed by atoms with van der Waals surface area (Å²) in [5.41, 5.74) is 5.58. The quantitative estimate of drug-likeness (QED) is 0.442. The predicted octanol–water partition coefficient (Wildman–Crippen LogP) is 5.05. The zero-order valence-corrected chi connectivity index (χ0v) is 21.6. The minimum Gasteiger partial charge on any atom is -0.472 e. The molecular formula is C26H33F4N7O. The summed E-state index contributed by atoms with van der Waals surface area (Å²) in [5.74, 6) is -0.766. The van der Waals surface area contributed by atoms with E-state index in [0.29, 0.717) is 43.6 Å². The maximum atomic E-state index is 14.4. The van der Waals surface area contributed by atoms with Crippen molar-refractivity contribution in [2.75, 3.05) is 37.3 Å². The number of anilines is 2. The van der Waals surface area contributed by atoms with Crippen LogP contribution in [0.5, 0.6) is 5.88 Å². The number of nitrogen functional groups attached to an aromatic ring is 1. The highest BCUT2D eigenvalue weighted by atomic mass is 19.4. The molecular weight excluding hydrogens is 502 g/mol. The number of hydrogen-bond donors (Lipinski definition) is 1. The van der Waals surface area contributed by atoms with E-state index in [2.05, 4.69) is 33.7 Å². The molecule has 0 bridgehead atoms. The summed E-state index contributed by atoms with van der Waals surface area (Å²) in [6.45, 7) is 4.95. The van der Waals surface area contributed by atoms with Crippen molar-refractivity contribution in [2.45, 2.75) is 69.8 Å². The van der Waals surface area contributed by atoms with Crippen molar-refractivity contribution in [2.24, 2.45) is 0 Å². The van der Waals surface area contributed by atoms with Crippen molar-refractivity contribution in [1.29, 1.82) is 0 Å². The molecule has 1 saturated carbocycles. The number of hydrogen-bond acceptors (Lipinski definition) is 7. The molecule has 206 valence electrons. The van der Waals surface area contributed by atoms with Gasteiger partial charge in [0, 0.05) is 37.6 Å². The van der Waals surface area contributed by atoms with Crippen LogP contribution in [0.2, 0.25) is 0 Å². The lowest BCUT2D eigenvalue weighted by atomic mass is 9.93. The van der Waals surface area contributed by atoms with Crippen LogP contribution in [0.15, 0.2) is 24.5 Å². The number of piperidine rings is 1. The third-order valence-corrected chi connectivity index (χ3v) is 7.84. The van der Waals surface area contributed by atoms with Crippen molar-refractivity contribution in [3.05, 3.63) is 35.9 Å². The first kappa shape index (κ1) is 26.5. The molecule has 1 aliphatic heterocycles. The highest BCUT2D eigenvalue weighted by Gasteiger charge is 2.37. The molecule has 0 amide bonds. The standard InChI is InChI=1S/C26H33F4N7O/c1-3-35(2)17-5-4-12-36(15-17)24-19-14-33-22(31)13-21(19)37(34-24)16-6-8-18(9-7-16)38-25-23(27)20(10-11-32-25)26(28,29)30/h10-11,13-14,16-18H,3-9,12,15H2,1-2H3,(H2,31,33)/t16?,17-,18?/m0/s1. The van der Waals surface area contributed by atoms with Crippen LogP contribution < -0.4 is 15.4 Å². The van der Waals surface area contributed by atoms with E-state index in [-0.39, 0.29) is 6.04 Å². The first-order chi connectivity index (χ1) is 18.2. The van der Waals surface area contributed by atoms with E-state index in [9.17, 15) is 17.6 Å². The first-order valence-electron chi connectivity index (χ1n) is 13.1. The van der Waals surface area contributed by atoms with Crippen LogP contribution >= 0.6 is 0 Å². The summed E-state index contributed by atoms with van der Waals surface area (Å²) >= 11 is 0. The Hall–Kier alpha value is -3.15. The van der Waals surface area contributed by atoms with Gasteiger partial charge in [0.05, 0.1) is 22.5 Å². The fourth-order valence-electron chi connectivity index (χ4n) is 5.60. The summed E-state index contributed by atoms with van der Waals surface area (Å²) < 4.78 is 61.2. The first-order valence-corrected chi connectivity index (χ1v) is 13.1. The molecule has 38 heavy (non-hydrogen) atoms. The van der Waals surface area contributed by atoms with Gasteiger partial charge in [-0.2, -0.15) is 18.3 Å². The molecule has 2 N–H and O–H groups in total. The van der Waals surface area contributed by atoms with Crippen LogP contribution in [0.25, 0.3) is 10.9 Å². The molecule has 1 atom stereocenters. The lowest BCUT2D eigenvalue weighted by molar-refractivity contribution is -0.140. The second-order valence-corrected chi connectivity index (χ2v) is 10.2. The Kier molecular flexibility index (Phi) is 7.34. The normalized spacial score (nSPS) is 22.8. The van der Waals surface area contributed by atoms with Crippen molar-refractivity contribution in [3.8, 4) is 5.88 Å². The van der Waals surface area contributed by atoms with Gasteiger partial charge < -0.3 is 20.3 Å². The van der Waals surface area contributed by atoms with Crippen molar-refractivity contribution in [3.63, 3.8) is 0 Å². The number of nitrogens with zero attached hydrogens (tertiary/aromatic N) is 6. The molecule has 1 saturated heterocycles. The Bertz CT molecular complexity index is 1270. The maximum Gasteiger partial charge on any atom is 0.419 e. The maximum absolute atomic E-state index is 14.4. The SMILES string of the molecule is CCN(C)[C@H]1CCCN(c2nn(C3CCC(Oc4nccc(C(F)(F)F)c4F)CC3)c3cc(N)ncc23)C1. The summed E-state index contributed by atoms with van der Waals surface area (Å²) in [5, 5.41) is 6.00. The van der Waals surface area contributed by atoms with Crippen LogP contribution in [0.4, 0.5) is 29.2 Å². The molecule has 3 aromatic rings. The lowest BCUT2D eigenvalue weighted by Crippen LogP contribution is -2.46. The van der Waals surface area contributed by atoms with E-state index in [0.717, 1.165) is 55.4 Å². The van der Waals surface area contributed by atoms with E-state index >= 15 is 0 Å². The second kappa shape index (κ2) is 10.5. The molecule has 0 spiro atoms. The Morgan fingerprint density at radius 1 is 1.16 bits per heavy atom. The molecule has 0 unspecified atom stereocenters. The minimum absolute atomic E-state index is 0.0473. The number of likely N-dealkylation sites (N-methyl/N-ethyl adjacent to an activating group) is 1. The van der Waals surface area contributed by atoms with Gasteiger partial charge in [-0.05, 0) is 58.2 Å². The summed E-state index contributed by atoms with van der Waals surface area (Å²) in [6.07, 6.45) is 2.11. The fraction of sp³-hybridized carbons (Fsp3) is 0.577. The summed E-state index contributed by atoms with van der Waals surface area (Å²) in [7, 11) is 2.15. The van der Waals surface area contributed by atoms with Crippen molar-refractivity contribution >= 4 is 22.5 Å². The van der Waals surface area contributed by atoms with E-state index in [1.165, 1.54) is 0 Å². The molecule has 2 fully saturated rings. The summed E-state index contributed by atoms with van der Waals surface area (Å²) in [6, 6.07) is 2.96. The fourth-order valence-corrected chi connectivity index (χ4v) is 5.60. The van der Waals surface area contributed by atoms with Crippen LogP contribution in [-0.2, 0) is 6.18 Å². The van der Waals surface area contributed by atoms with E-state index in [1.54, 1.807) is 6.20 Å². The Morgan fingerprint density at radius 3 is 2.63 bits per heavy atom. The topological polar surface area (TPSA) is 85.3 Å². The van der Waals surface area contributed by atoms with E-state index in [4.69, 9.17) is 15.6 Å². The van der Waals surface area contributed by atoms with Crippen LogP contribution in [-0.4, -0.2) is 63.5 Å². The number of halogens is 4. The molecule has 3 aromatic heterocycles. The van der Waals surface area contributed by atoms with Crippen LogP contribution in [0.3, 0.4) is 0 Å². The number of pyridine rings is 2. The van der Waals surface area contributed by atoms with Gasteiger partial charge in [-0.3, -0.25) is 4.68 Å². The number of nitrogens with two attached hydrogens (primary N) is 1. The minimum atomic E-state index is -4.81. The molecule has 0 radical (unpaired) electrons. The predicted molar refractivity (Wildman–Crippen MR) is 137 cm³/mol. The highest BCUT2D eigenvalue weighted by molar-refractivity contribution is 5.91. The number of rotatable bonds is 6. The average molecular weight is 536 g/mol. The molecule has 1 aliphatic carbocycles. The van der Waals surface area contributed by atoms with Crippen LogP contribution in [0, 0.1) is 5.82 Å². The molecule has 8 nitrogen and oxygen atoms in total. The Balaban J connectivity index is 1.34. The van der Waals surface area contributed by atoms with Gasteiger partial charge in [0.15, 0.2) is 11.6 Å². The number of ether oxygens (including phenoxy) is 1. The van der Waals surface area contributed by atoms with E-state index in [1.807, 2.05) is 10.7 Å². The number of aromatic nitrogens is 4. The number of alkyl halides is 3. The van der Waals surface area contributed by atoms with Gasteiger partial charge in [0.2, 0.25) is 0 Å². The van der Waals surface area contributed by atoms with E-state index < -0.39 is 29.5 Å². The molecule has 0 aromatic carbocycles. The molecule has 4 heterocycles.